The number of thiophene rings is 1. The van der Waals surface area contributed by atoms with E-state index in [9.17, 15) is 4.79 Å². The zero-order chi connectivity index (χ0) is 17.2. The summed E-state index contributed by atoms with van der Waals surface area (Å²) in [5.74, 6) is 1.59. The highest BCUT2D eigenvalue weighted by molar-refractivity contribution is 7.21. The van der Waals surface area contributed by atoms with Crippen molar-refractivity contribution in [1.29, 1.82) is 0 Å². The summed E-state index contributed by atoms with van der Waals surface area (Å²) in [4.78, 5) is 21.8. The number of aromatic amines is 1. The van der Waals surface area contributed by atoms with Crippen molar-refractivity contribution in [2.24, 2.45) is 0 Å². The number of fused-ring (bicyclic) bond motifs is 1. The third-order valence-corrected chi connectivity index (χ3v) is 5.24. The van der Waals surface area contributed by atoms with Crippen molar-refractivity contribution in [3.8, 4) is 10.4 Å². The minimum atomic E-state index is -0.0857. The molecule has 25 heavy (non-hydrogen) atoms. The van der Waals surface area contributed by atoms with E-state index in [1.807, 2.05) is 48.5 Å². The molecule has 0 aliphatic rings. The van der Waals surface area contributed by atoms with E-state index in [4.69, 9.17) is 4.42 Å². The first-order valence-electron chi connectivity index (χ1n) is 8.15. The Morgan fingerprint density at radius 3 is 2.84 bits per heavy atom. The van der Waals surface area contributed by atoms with Crippen LogP contribution in [0.3, 0.4) is 0 Å². The number of quaternary nitrogens is 1. The molecule has 4 rings (SSSR count). The van der Waals surface area contributed by atoms with Crippen LogP contribution in [0.15, 0.2) is 64.0 Å². The van der Waals surface area contributed by atoms with Gasteiger partial charge in [0.15, 0.2) is 11.6 Å². The first-order valence-corrected chi connectivity index (χ1v) is 8.97. The summed E-state index contributed by atoms with van der Waals surface area (Å²) in [5, 5.41) is 2.74. The average Bonchev–Trinajstić information content (AvgIpc) is 3.30. The van der Waals surface area contributed by atoms with Crippen molar-refractivity contribution >= 4 is 21.6 Å². The van der Waals surface area contributed by atoms with E-state index in [-0.39, 0.29) is 11.6 Å². The molecule has 0 spiro atoms. The minimum absolute atomic E-state index is 0.0857. The Morgan fingerprint density at radius 1 is 1.24 bits per heavy atom. The number of hydrogen-bond acceptors (Lipinski definition) is 4. The second-order valence-corrected chi connectivity index (χ2v) is 6.98. The molecule has 0 radical (unpaired) electrons. The van der Waals surface area contributed by atoms with E-state index in [1.165, 1.54) is 0 Å². The molecule has 3 heterocycles. The summed E-state index contributed by atoms with van der Waals surface area (Å²) in [5.41, 5.74) is 1.02. The molecular formula is C19H18N3O2S+. The van der Waals surface area contributed by atoms with E-state index in [0.29, 0.717) is 17.8 Å². The van der Waals surface area contributed by atoms with E-state index in [2.05, 4.69) is 22.2 Å². The largest absolute Gasteiger partial charge is 0.463 e. The van der Waals surface area contributed by atoms with Crippen LogP contribution >= 0.6 is 11.3 Å². The number of benzene rings is 1. The number of nitrogens with zero attached hydrogens (tertiary/aromatic N) is 1. The lowest BCUT2D eigenvalue weighted by Gasteiger charge is -2.07. The molecule has 0 amide bonds. The number of rotatable bonds is 5. The number of hydrogen-bond donors (Lipinski definition) is 2. The Kier molecular flexibility index (Phi) is 4.21. The number of nitrogens with two attached hydrogens (primary N) is 1. The Balaban J connectivity index is 1.60. The maximum Gasteiger partial charge on any atom is 0.259 e. The maximum absolute atomic E-state index is 12.4. The van der Waals surface area contributed by atoms with E-state index in [1.54, 1.807) is 17.6 Å². The lowest BCUT2D eigenvalue weighted by Crippen LogP contribution is -2.83. The Morgan fingerprint density at radius 2 is 2.08 bits per heavy atom. The van der Waals surface area contributed by atoms with Crippen molar-refractivity contribution < 1.29 is 9.73 Å². The van der Waals surface area contributed by atoms with Crippen molar-refractivity contribution in [2.45, 2.75) is 19.5 Å². The summed E-state index contributed by atoms with van der Waals surface area (Å²) in [6, 6.07) is 16.0. The zero-order valence-electron chi connectivity index (χ0n) is 13.7. The highest BCUT2D eigenvalue weighted by atomic mass is 32.1. The molecule has 1 atom stereocenters. The summed E-state index contributed by atoms with van der Waals surface area (Å²) >= 11 is 1.55. The van der Waals surface area contributed by atoms with Crippen LogP contribution in [-0.4, -0.2) is 9.97 Å². The van der Waals surface area contributed by atoms with Crippen LogP contribution in [0.1, 0.15) is 24.6 Å². The van der Waals surface area contributed by atoms with Crippen LogP contribution in [-0.2, 0) is 6.54 Å². The van der Waals surface area contributed by atoms with Crippen molar-refractivity contribution in [1.82, 2.24) is 9.97 Å². The third-order valence-electron chi connectivity index (χ3n) is 4.17. The fourth-order valence-electron chi connectivity index (χ4n) is 2.77. The molecule has 0 saturated carbocycles. The lowest BCUT2D eigenvalue weighted by atomic mass is 10.2. The van der Waals surface area contributed by atoms with Crippen LogP contribution in [0.4, 0.5) is 0 Å². The zero-order valence-corrected chi connectivity index (χ0v) is 14.5. The number of H-pyrrole nitrogens is 1. The highest BCUT2D eigenvalue weighted by Crippen LogP contribution is 2.30. The summed E-state index contributed by atoms with van der Waals surface area (Å²) < 4.78 is 5.41. The van der Waals surface area contributed by atoms with Gasteiger partial charge >= 0.3 is 0 Å². The van der Waals surface area contributed by atoms with Crippen LogP contribution in [0.2, 0.25) is 0 Å². The van der Waals surface area contributed by atoms with Crippen LogP contribution < -0.4 is 10.9 Å². The molecule has 1 aromatic carbocycles. The van der Waals surface area contributed by atoms with Crippen molar-refractivity contribution in [3.63, 3.8) is 0 Å². The fraction of sp³-hybridized carbons (Fsp3) is 0.158. The lowest BCUT2D eigenvalue weighted by molar-refractivity contribution is -0.710. The van der Waals surface area contributed by atoms with Gasteiger partial charge in [0, 0.05) is 4.88 Å². The van der Waals surface area contributed by atoms with Gasteiger partial charge in [0.25, 0.3) is 5.56 Å². The van der Waals surface area contributed by atoms with Crippen LogP contribution in [0.25, 0.3) is 20.7 Å². The second-order valence-electron chi connectivity index (χ2n) is 5.95. The molecule has 3 N–H and O–H groups in total. The molecule has 0 fully saturated rings. The predicted molar refractivity (Wildman–Crippen MR) is 98.4 cm³/mol. The Labute approximate surface area is 148 Å². The quantitative estimate of drug-likeness (QED) is 0.580. The topological polar surface area (TPSA) is 75.5 Å². The van der Waals surface area contributed by atoms with Gasteiger partial charge in [-0.3, -0.25) is 4.79 Å². The van der Waals surface area contributed by atoms with Gasteiger partial charge in [-0.25, -0.2) is 4.98 Å². The second kappa shape index (κ2) is 6.66. The highest BCUT2D eigenvalue weighted by Gasteiger charge is 2.14. The number of aromatic nitrogens is 2. The molecule has 0 aliphatic heterocycles. The molecule has 3 aromatic heterocycles. The van der Waals surface area contributed by atoms with Gasteiger partial charge in [0.1, 0.15) is 17.4 Å². The molecule has 6 heteroatoms. The molecule has 5 nitrogen and oxygen atoms in total. The summed E-state index contributed by atoms with van der Waals surface area (Å²) in [6.45, 7) is 2.65. The first kappa shape index (κ1) is 15.8. The molecule has 4 aromatic rings. The minimum Gasteiger partial charge on any atom is -0.463 e. The maximum atomic E-state index is 12.4. The molecule has 0 saturated heterocycles. The predicted octanol–water partition coefficient (Wildman–Crippen LogP) is 3.07. The third kappa shape index (κ3) is 3.26. The molecule has 0 unspecified atom stereocenters. The standard InChI is InChI=1S/C19H17N3O2S/c1-12(15-8-5-9-24-15)20-11-17-21-18(23)14-10-16(25-19(14)22-17)13-6-3-2-4-7-13/h2-10,12,20H,11H2,1H3,(H,21,22,23)/p+1/t12-/m0/s1. The van der Waals surface area contributed by atoms with Gasteiger partial charge in [-0.1, -0.05) is 30.3 Å². The van der Waals surface area contributed by atoms with E-state index in [0.717, 1.165) is 21.0 Å². The molecule has 126 valence electrons. The fourth-order valence-corrected chi connectivity index (χ4v) is 3.83. The molecule has 0 aliphatic carbocycles. The first-order chi connectivity index (χ1) is 12.2. The Hall–Kier alpha value is -2.70. The average molecular weight is 352 g/mol. The van der Waals surface area contributed by atoms with Gasteiger partial charge in [0.05, 0.1) is 11.6 Å². The Bertz CT molecular complexity index is 1040. The number of nitrogens with one attached hydrogen (secondary N) is 1. The number of furan rings is 1. The van der Waals surface area contributed by atoms with E-state index >= 15 is 0 Å². The van der Waals surface area contributed by atoms with Crippen molar-refractivity contribution in [2.75, 3.05) is 0 Å². The summed E-state index contributed by atoms with van der Waals surface area (Å²) in [6.07, 6.45) is 1.67. The van der Waals surface area contributed by atoms with Gasteiger partial charge in [-0.15, -0.1) is 11.3 Å². The monoisotopic (exact) mass is 352 g/mol. The van der Waals surface area contributed by atoms with E-state index < -0.39 is 0 Å². The van der Waals surface area contributed by atoms with Gasteiger partial charge in [0.2, 0.25) is 0 Å². The van der Waals surface area contributed by atoms with Crippen LogP contribution in [0, 0.1) is 0 Å². The van der Waals surface area contributed by atoms with Crippen molar-refractivity contribution in [3.05, 3.63) is 76.7 Å². The summed E-state index contributed by atoms with van der Waals surface area (Å²) in [7, 11) is 0. The van der Waals surface area contributed by atoms with Gasteiger partial charge < -0.3 is 14.7 Å². The molecular weight excluding hydrogens is 334 g/mol. The molecule has 0 bridgehead atoms. The van der Waals surface area contributed by atoms with Crippen LogP contribution in [0.5, 0.6) is 0 Å². The normalized spacial score (nSPS) is 12.5. The van der Waals surface area contributed by atoms with Gasteiger partial charge in [-0.05, 0) is 30.7 Å². The van der Waals surface area contributed by atoms with Gasteiger partial charge in [-0.2, -0.15) is 0 Å². The SMILES string of the molecule is C[C@H]([NH2+]Cc1nc2sc(-c3ccccc3)cc2c(=O)[nH]1)c1ccco1. The smallest absolute Gasteiger partial charge is 0.259 e.